The average Bonchev–Trinajstić information content (AvgIpc) is 3.46. The highest BCUT2D eigenvalue weighted by molar-refractivity contribution is 5.71. The number of carbonyl (C=O) groups excluding carboxylic acids is 3. The van der Waals surface area contributed by atoms with E-state index in [2.05, 4.69) is 93.7 Å². The van der Waals surface area contributed by atoms with Gasteiger partial charge < -0.3 is 14.2 Å². The van der Waals surface area contributed by atoms with Crippen LogP contribution in [0.2, 0.25) is 0 Å². The van der Waals surface area contributed by atoms with E-state index in [-0.39, 0.29) is 31.1 Å². The summed E-state index contributed by atoms with van der Waals surface area (Å²) in [6.45, 7) is 6.63. The van der Waals surface area contributed by atoms with Crippen molar-refractivity contribution in [1.82, 2.24) is 0 Å². The van der Waals surface area contributed by atoms with E-state index < -0.39 is 6.10 Å². The van der Waals surface area contributed by atoms with Gasteiger partial charge in [-0.05, 0) is 116 Å². The van der Waals surface area contributed by atoms with Crippen molar-refractivity contribution in [3.05, 3.63) is 72.9 Å². The summed E-state index contributed by atoms with van der Waals surface area (Å²) in [5, 5.41) is 0. The lowest BCUT2D eigenvalue weighted by molar-refractivity contribution is -0.167. The van der Waals surface area contributed by atoms with Crippen LogP contribution >= 0.6 is 0 Å². The van der Waals surface area contributed by atoms with Crippen molar-refractivity contribution in [1.29, 1.82) is 0 Å². The molecule has 0 aliphatic heterocycles. The fourth-order valence-electron chi connectivity index (χ4n) is 10.3. The Hall–Kier alpha value is -3.15. The molecule has 0 aromatic carbocycles. The molecule has 0 heterocycles. The summed E-state index contributed by atoms with van der Waals surface area (Å²) in [4.78, 5) is 38.4. The topological polar surface area (TPSA) is 78.9 Å². The highest BCUT2D eigenvalue weighted by Crippen LogP contribution is 2.17. The fraction of sp³-hybridized carbons (Fsp3) is 0.800. The summed E-state index contributed by atoms with van der Waals surface area (Å²) in [6, 6.07) is 0. The Kier molecular flexibility index (Phi) is 66.6. The van der Waals surface area contributed by atoms with Gasteiger partial charge in [0.05, 0.1) is 0 Å². The van der Waals surface area contributed by atoms with Gasteiger partial charge in [0.15, 0.2) is 6.10 Å². The van der Waals surface area contributed by atoms with E-state index in [9.17, 15) is 14.4 Å². The number of hydrogen-bond acceptors (Lipinski definition) is 6. The molecular formula is C75H134O6. The van der Waals surface area contributed by atoms with Crippen LogP contribution in [0.25, 0.3) is 0 Å². The molecule has 1 unspecified atom stereocenters. The molecule has 0 radical (unpaired) electrons. The molecule has 0 saturated heterocycles. The summed E-state index contributed by atoms with van der Waals surface area (Å²) < 4.78 is 17.0. The second-order valence-electron chi connectivity index (χ2n) is 23.8. The molecule has 6 nitrogen and oxygen atoms in total. The molecule has 0 aromatic heterocycles. The van der Waals surface area contributed by atoms with Crippen molar-refractivity contribution in [2.75, 3.05) is 13.2 Å². The molecule has 0 aromatic rings. The Morgan fingerprint density at radius 3 is 0.716 bits per heavy atom. The van der Waals surface area contributed by atoms with Crippen LogP contribution in [0.4, 0.5) is 0 Å². The average molecular weight is 1130 g/mol. The highest BCUT2D eigenvalue weighted by Gasteiger charge is 2.19. The predicted octanol–water partition coefficient (Wildman–Crippen LogP) is 24.4. The number of allylic oxidation sites excluding steroid dienone is 12. The van der Waals surface area contributed by atoms with E-state index in [0.717, 1.165) is 96.3 Å². The molecule has 0 aliphatic rings. The number of carbonyl (C=O) groups is 3. The molecule has 0 spiro atoms. The monoisotopic (exact) mass is 1130 g/mol. The first kappa shape index (κ1) is 77.9. The van der Waals surface area contributed by atoms with E-state index in [1.165, 1.54) is 231 Å². The van der Waals surface area contributed by atoms with E-state index in [0.29, 0.717) is 19.3 Å². The first-order chi connectivity index (χ1) is 40.0. The highest BCUT2D eigenvalue weighted by atomic mass is 16.6. The predicted molar refractivity (Wildman–Crippen MR) is 353 cm³/mol. The molecule has 6 heteroatoms. The normalized spacial score (nSPS) is 12.5. The van der Waals surface area contributed by atoms with Crippen LogP contribution < -0.4 is 0 Å². The van der Waals surface area contributed by atoms with E-state index in [1.807, 2.05) is 0 Å². The molecule has 0 amide bonds. The second-order valence-corrected chi connectivity index (χ2v) is 23.8. The van der Waals surface area contributed by atoms with Gasteiger partial charge in [0.2, 0.25) is 0 Å². The smallest absolute Gasteiger partial charge is 0.306 e. The number of unbranched alkanes of at least 4 members (excludes halogenated alkanes) is 42. The van der Waals surface area contributed by atoms with Crippen molar-refractivity contribution in [2.24, 2.45) is 0 Å². The van der Waals surface area contributed by atoms with E-state index in [1.54, 1.807) is 0 Å². The van der Waals surface area contributed by atoms with Crippen LogP contribution in [0.15, 0.2) is 72.9 Å². The lowest BCUT2D eigenvalue weighted by Crippen LogP contribution is -2.30. The van der Waals surface area contributed by atoms with Gasteiger partial charge in [-0.25, -0.2) is 0 Å². The molecule has 81 heavy (non-hydrogen) atoms. The maximum Gasteiger partial charge on any atom is 0.306 e. The summed E-state index contributed by atoms with van der Waals surface area (Å²) in [5.74, 6) is -0.884. The summed E-state index contributed by atoms with van der Waals surface area (Å²) in [5.41, 5.74) is 0. The van der Waals surface area contributed by atoms with Crippen molar-refractivity contribution >= 4 is 17.9 Å². The largest absolute Gasteiger partial charge is 0.462 e. The summed E-state index contributed by atoms with van der Waals surface area (Å²) in [7, 11) is 0. The zero-order valence-electron chi connectivity index (χ0n) is 54.1. The Bertz CT molecular complexity index is 1490. The van der Waals surface area contributed by atoms with Crippen LogP contribution in [0.5, 0.6) is 0 Å². The van der Waals surface area contributed by atoms with Crippen LogP contribution in [-0.4, -0.2) is 37.2 Å². The quantitative estimate of drug-likeness (QED) is 0.0261. The first-order valence-electron chi connectivity index (χ1n) is 35.4. The molecule has 0 aliphatic carbocycles. The molecule has 0 saturated carbocycles. The molecule has 1 atom stereocenters. The molecule has 0 bridgehead atoms. The van der Waals surface area contributed by atoms with Crippen LogP contribution in [0.1, 0.15) is 367 Å². The zero-order valence-corrected chi connectivity index (χ0v) is 54.1. The van der Waals surface area contributed by atoms with Crippen molar-refractivity contribution in [2.45, 2.75) is 374 Å². The van der Waals surface area contributed by atoms with E-state index in [4.69, 9.17) is 14.2 Å². The number of hydrogen-bond donors (Lipinski definition) is 0. The standard InChI is InChI=1S/C75H134O6/c1-4-7-10-13-16-19-22-25-27-29-31-33-34-35-36-37-38-39-40-42-43-45-47-50-53-56-59-62-65-68-74(77)80-71-72(70-79-73(76)67-64-61-58-55-52-49-24-21-18-15-12-9-6-3)81-75(78)69-66-63-60-57-54-51-48-46-44-41-32-30-28-26-23-20-17-14-11-8-5-2/h21-26,29-32,44,46,72H,4-20,27-28,33-43,45,47-71H2,1-3H3/b24-21-,25-22-,26-23-,31-29-,32-30-,46-44-. The Morgan fingerprint density at radius 2 is 0.444 bits per heavy atom. The SMILES string of the molecule is CCCCCC/C=C\CCCCCCCC(=O)OCC(COC(=O)CCCCCCCCCCCCCCCCCCC/C=C\C/C=C\CCCCCCC)OC(=O)CCCCCCCC/C=C\C/C=C\C/C=C\CCCCCCC. The van der Waals surface area contributed by atoms with Crippen LogP contribution in [-0.2, 0) is 28.6 Å². The zero-order chi connectivity index (χ0) is 58.5. The Morgan fingerprint density at radius 1 is 0.247 bits per heavy atom. The van der Waals surface area contributed by atoms with E-state index >= 15 is 0 Å². The van der Waals surface area contributed by atoms with Gasteiger partial charge in [-0.2, -0.15) is 0 Å². The van der Waals surface area contributed by atoms with Gasteiger partial charge >= 0.3 is 17.9 Å². The van der Waals surface area contributed by atoms with Crippen LogP contribution in [0, 0.1) is 0 Å². The van der Waals surface area contributed by atoms with Gasteiger partial charge in [-0.1, -0.05) is 306 Å². The molecule has 0 rings (SSSR count). The minimum absolute atomic E-state index is 0.0806. The lowest BCUT2D eigenvalue weighted by Gasteiger charge is -2.18. The first-order valence-corrected chi connectivity index (χ1v) is 35.4. The molecular weight excluding hydrogens is 997 g/mol. The molecule has 470 valence electrons. The molecule has 0 N–H and O–H groups in total. The third kappa shape index (κ3) is 67.5. The minimum Gasteiger partial charge on any atom is -0.462 e. The molecule has 0 fully saturated rings. The second kappa shape index (κ2) is 69.3. The number of ether oxygens (including phenoxy) is 3. The fourth-order valence-corrected chi connectivity index (χ4v) is 10.3. The number of esters is 3. The van der Waals surface area contributed by atoms with Gasteiger partial charge in [0, 0.05) is 19.3 Å². The summed E-state index contributed by atoms with van der Waals surface area (Å²) in [6.07, 6.45) is 90.7. The van der Waals surface area contributed by atoms with Crippen molar-refractivity contribution in [3.8, 4) is 0 Å². The van der Waals surface area contributed by atoms with Gasteiger partial charge in [-0.3, -0.25) is 14.4 Å². The lowest BCUT2D eigenvalue weighted by atomic mass is 10.0. The summed E-state index contributed by atoms with van der Waals surface area (Å²) >= 11 is 0. The Labute approximate surface area is 503 Å². The number of rotatable bonds is 65. The maximum absolute atomic E-state index is 12.9. The van der Waals surface area contributed by atoms with Gasteiger partial charge in [0.25, 0.3) is 0 Å². The van der Waals surface area contributed by atoms with Crippen LogP contribution in [0.3, 0.4) is 0 Å². The third-order valence-electron chi connectivity index (χ3n) is 15.7. The van der Waals surface area contributed by atoms with Crippen molar-refractivity contribution < 1.29 is 28.6 Å². The third-order valence-corrected chi connectivity index (χ3v) is 15.7. The van der Waals surface area contributed by atoms with Gasteiger partial charge in [0.1, 0.15) is 13.2 Å². The minimum atomic E-state index is -0.786. The Balaban J connectivity index is 4.25. The maximum atomic E-state index is 12.9. The van der Waals surface area contributed by atoms with Crippen molar-refractivity contribution in [3.63, 3.8) is 0 Å². The van der Waals surface area contributed by atoms with Gasteiger partial charge in [-0.15, -0.1) is 0 Å².